The molecule has 0 aliphatic carbocycles. The number of hydrogen-bond donors (Lipinski definition) is 1. The maximum atomic E-state index is 13.9. The summed E-state index contributed by atoms with van der Waals surface area (Å²) in [7, 11) is 0. The summed E-state index contributed by atoms with van der Waals surface area (Å²) in [6.45, 7) is 6.79. The molecule has 2 aromatic heterocycles. The molecule has 2 N–H and O–H groups in total. The molecular formula is C27H30Cl2N6O2. The van der Waals surface area contributed by atoms with Crippen LogP contribution in [0.2, 0.25) is 10.0 Å². The third-order valence-corrected chi connectivity index (χ3v) is 6.94. The molecule has 2 aromatic carbocycles. The molecule has 194 valence electrons. The molecular weight excluding hydrogens is 511 g/mol. The van der Waals surface area contributed by atoms with E-state index in [1.807, 2.05) is 44.2 Å². The Morgan fingerprint density at radius 1 is 1.08 bits per heavy atom. The van der Waals surface area contributed by atoms with Gasteiger partial charge < -0.3 is 10.6 Å². The number of carbonyl (C=O) groups excluding carboxylic acids is 1. The molecule has 1 atom stereocenters. The number of halogens is 2. The van der Waals surface area contributed by atoms with Crippen LogP contribution in [0, 0.1) is 12.8 Å². The van der Waals surface area contributed by atoms with E-state index in [1.165, 1.54) is 4.52 Å². The highest BCUT2D eigenvalue weighted by Crippen LogP contribution is 2.31. The fourth-order valence-electron chi connectivity index (χ4n) is 4.43. The first-order valence-corrected chi connectivity index (χ1v) is 12.9. The van der Waals surface area contributed by atoms with Gasteiger partial charge in [-0.15, -0.1) is 0 Å². The van der Waals surface area contributed by atoms with E-state index in [1.54, 1.807) is 40.7 Å². The van der Waals surface area contributed by atoms with Crippen molar-refractivity contribution < 1.29 is 4.79 Å². The summed E-state index contributed by atoms with van der Waals surface area (Å²) in [6, 6.07) is 15.9. The third-order valence-electron chi connectivity index (χ3n) is 6.24. The molecule has 0 fully saturated rings. The van der Waals surface area contributed by atoms with Crippen molar-refractivity contribution in [2.75, 3.05) is 13.1 Å². The molecule has 0 unspecified atom stereocenters. The van der Waals surface area contributed by atoms with Gasteiger partial charge in [0.05, 0.1) is 18.3 Å². The molecule has 0 bridgehead atoms. The van der Waals surface area contributed by atoms with Crippen LogP contribution in [-0.2, 0) is 6.54 Å². The Balaban J connectivity index is 1.94. The Morgan fingerprint density at radius 3 is 2.38 bits per heavy atom. The lowest BCUT2D eigenvalue weighted by Crippen LogP contribution is -2.43. The Labute approximate surface area is 225 Å². The second-order valence-electron chi connectivity index (χ2n) is 9.30. The maximum Gasteiger partial charge on any atom is 0.352 e. The minimum atomic E-state index is -0.539. The molecule has 0 radical (unpaired) electrons. The zero-order chi connectivity index (χ0) is 26.7. The predicted molar refractivity (Wildman–Crippen MR) is 146 cm³/mol. The van der Waals surface area contributed by atoms with Gasteiger partial charge in [-0.1, -0.05) is 67.4 Å². The molecule has 4 aromatic rings. The Bertz CT molecular complexity index is 1450. The van der Waals surface area contributed by atoms with Gasteiger partial charge in [0.15, 0.2) is 5.65 Å². The largest absolute Gasteiger partial charge is 0.352 e. The molecule has 0 aliphatic heterocycles. The smallest absolute Gasteiger partial charge is 0.330 e. The number of benzene rings is 2. The average molecular weight is 541 g/mol. The summed E-state index contributed by atoms with van der Waals surface area (Å²) < 4.78 is 2.81. The summed E-state index contributed by atoms with van der Waals surface area (Å²) in [6.07, 6.45) is 0.584. The van der Waals surface area contributed by atoms with Gasteiger partial charge in [0, 0.05) is 17.1 Å². The van der Waals surface area contributed by atoms with Gasteiger partial charge in [0.2, 0.25) is 0 Å². The van der Waals surface area contributed by atoms with Crippen LogP contribution in [0.3, 0.4) is 0 Å². The summed E-state index contributed by atoms with van der Waals surface area (Å²) in [5.41, 5.74) is 7.66. The van der Waals surface area contributed by atoms with Crippen LogP contribution in [0.5, 0.6) is 0 Å². The van der Waals surface area contributed by atoms with Crippen molar-refractivity contribution in [3.8, 4) is 0 Å². The number of nitrogens with two attached hydrogens (primary N) is 1. The maximum absolute atomic E-state index is 13.9. The molecule has 0 saturated carbocycles. The first kappa shape index (κ1) is 26.9. The molecule has 2 heterocycles. The van der Waals surface area contributed by atoms with E-state index in [0.717, 1.165) is 5.56 Å². The van der Waals surface area contributed by atoms with Gasteiger partial charge in [-0.3, -0.25) is 9.36 Å². The van der Waals surface area contributed by atoms with Crippen molar-refractivity contribution in [1.82, 2.24) is 24.1 Å². The number of carbonyl (C=O) groups is 1. The third kappa shape index (κ3) is 5.56. The van der Waals surface area contributed by atoms with Crippen molar-refractivity contribution in [1.29, 1.82) is 0 Å². The minimum absolute atomic E-state index is 0.0896. The SMILES string of the molecule is Cc1nn2c(=O)n(Cc3ccccc3)c([C@@H](C(C)C)N(CCCN)C(=O)c3ccc(Cl)cc3)nc2c1Cl. The van der Waals surface area contributed by atoms with E-state index in [-0.39, 0.29) is 29.7 Å². The summed E-state index contributed by atoms with van der Waals surface area (Å²) in [5, 5.41) is 5.18. The zero-order valence-electron chi connectivity index (χ0n) is 21.1. The molecule has 0 saturated heterocycles. The second kappa shape index (κ2) is 11.5. The number of amides is 1. The van der Waals surface area contributed by atoms with Crippen LogP contribution < -0.4 is 11.4 Å². The van der Waals surface area contributed by atoms with Crippen molar-refractivity contribution in [3.05, 3.63) is 97.8 Å². The van der Waals surface area contributed by atoms with Gasteiger partial charge in [0.1, 0.15) is 10.8 Å². The normalized spacial score (nSPS) is 12.3. The number of aryl methyl sites for hydroxylation is 1. The quantitative estimate of drug-likeness (QED) is 0.330. The van der Waals surface area contributed by atoms with Crippen LogP contribution in [0.4, 0.5) is 0 Å². The molecule has 8 nitrogen and oxygen atoms in total. The molecule has 1 amide bonds. The van der Waals surface area contributed by atoms with Crippen LogP contribution in [-0.4, -0.2) is 43.1 Å². The fraction of sp³-hybridized carbons (Fsp3) is 0.333. The van der Waals surface area contributed by atoms with E-state index in [2.05, 4.69) is 5.10 Å². The summed E-state index contributed by atoms with van der Waals surface area (Å²) >= 11 is 12.6. The lowest BCUT2D eigenvalue weighted by molar-refractivity contribution is 0.0601. The van der Waals surface area contributed by atoms with Gasteiger partial charge in [0.25, 0.3) is 5.91 Å². The van der Waals surface area contributed by atoms with Crippen molar-refractivity contribution in [2.24, 2.45) is 11.7 Å². The first-order valence-electron chi connectivity index (χ1n) is 12.2. The van der Waals surface area contributed by atoms with Gasteiger partial charge in [-0.2, -0.15) is 9.61 Å². The number of aromatic nitrogens is 4. The van der Waals surface area contributed by atoms with Crippen LogP contribution in [0.15, 0.2) is 59.4 Å². The predicted octanol–water partition coefficient (Wildman–Crippen LogP) is 4.74. The molecule has 0 spiro atoms. The molecule has 37 heavy (non-hydrogen) atoms. The topological polar surface area (TPSA) is 98.5 Å². The highest BCUT2D eigenvalue weighted by atomic mass is 35.5. The van der Waals surface area contributed by atoms with Crippen LogP contribution in [0.25, 0.3) is 5.65 Å². The highest BCUT2D eigenvalue weighted by molar-refractivity contribution is 6.34. The average Bonchev–Trinajstić information content (AvgIpc) is 3.17. The summed E-state index contributed by atoms with van der Waals surface area (Å²) in [4.78, 5) is 34.3. The minimum Gasteiger partial charge on any atom is -0.330 e. The number of nitrogens with zero attached hydrogens (tertiary/aromatic N) is 5. The lowest BCUT2D eigenvalue weighted by Gasteiger charge is -2.35. The number of rotatable bonds is 9. The molecule has 10 heteroatoms. The van der Waals surface area contributed by atoms with Gasteiger partial charge in [-0.25, -0.2) is 9.78 Å². The fourth-order valence-corrected chi connectivity index (χ4v) is 4.72. The lowest BCUT2D eigenvalue weighted by atomic mass is 9.99. The van der Waals surface area contributed by atoms with Crippen LogP contribution in [0.1, 0.15) is 53.7 Å². The highest BCUT2D eigenvalue weighted by Gasteiger charge is 2.33. The monoisotopic (exact) mass is 540 g/mol. The van der Waals surface area contributed by atoms with Crippen molar-refractivity contribution in [2.45, 2.75) is 39.8 Å². The second-order valence-corrected chi connectivity index (χ2v) is 10.1. The Hall–Kier alpha value is -3.20. The standard InChI is InChI=1S/C27H30Cl2N6O2/c1-17(2)23(33(15-7-14-30)26(36)20-10-12-21(28)13-11-20)25-31-24-22(29)18(3)32-35(24)27(37)34(25)16-19-8-5-4-6-9-19/h4-6,8-13,17,23H,7,14-16,30H2,1-3H3/t23-/m1/s1. The van der Waals surface area contributed by atoms with Crippen molar-refractivity contribution in [3.63, 3.8) is 0 Å². The Kier molecular flexibility index (Phi) is 8.32. The van der Waals surface area contributed by atoms with Gasteiger partial charge >= 0.3 is 5.69 Å². The van der Waals surface area contributed by atoms with Gasteiger partial charge in [-0.05, 0) is 55.6 Å². The Morgan fingerprint density at radius 2 is 1.76 bits per heavy atom. The van der Waals surface area contributed by atoms with Crippen molar-refractivity contribution >= 4 is 34.8 Å². The zero-order valence-corrected chi connectivity index (χ0v) is 22.6. The van der Waals surface area contributed by atoms with E-state index < -0.39 is 6.04 Å². The van der Waals surface area contributed by atoms with E-state index in [0.29, 0.717) is 46.6 Å². The van der Waals surface area contributed by atoms with E-state index in [4.69, 9.17) is 33.9 Å². The molecule has 4 rings (SSSR count). The van der Waals surface area contributed by atoms with E-state index >= 15 is 0 Å². The van der Waals surface area contributed by atoms with Crippen LogP contribution >= 0.6 is 23.2 Å². The number of fused-ring (bicyclic) bond motifs is 1. The number of hydrogen-bond acceptors (Lipinski definition) is 5. The summed E-state index contributed by atoms with van der Waals surface area (Å²) in [5.74, 6) is 0.158. The molecule has 0 aliphatic rings. The first-order chi connectivity index (χ1) is 17.7. The van der Waals surface area contributed by atoms with E-state index in [9.17, 15) is 9.59 Å².